The predicted molar refractivity (Wildman–Crippen MR) is 77.8 cm³/mol. The van der Waals surface area contributed by atoms with E-state index in [2.05, 4.69) is 4.98 Å². The van der Waals surface area contributed by atoms with Crippen molar-refractivity contribution in [2.75, 3.05) is 39.6 Å². The predicted octanol–water partition coefficient (Wildman–Crippen LogP) is 1.42. The first-order chi connectivity index (χ1) is 9.40. The lowest BCUT2D eigenvalue weighted by Gasteiger charge is -2.12. The first-order valence-electron chi connectivity index (χ1n) is 6.60. The van der Waals surface area contributed by atoms with Crippen LogP contribution in [-0.4, -0.2) is 49.7 Å². The van der Waals surface area contributed by atoms with Crippen LogP contribution in [0.5, 0.6) is 5.88 Å². The topological polar surface area (TPSA) is 77.7 Å². The van der Waals surface area contributed by atoms with Crippen molar-refractivity contribution in [1.29, 1.82) is 0 Å². The number of carbonyl (C=O) groups excluding carboxylic acids is 1. The Balaban J connectivity index is 2.60. The molecule has 0 aliphatic rings. The van der Waals surface area contributed by atoms with E-state index in [9.17, 15) is 4.79 Å². The zero-order chi connectivity index (χ0) is 15.1. The van der Waals surface area contributed by atoms with Crippen LogP contribution in [0.4, 0.5) is 5.69 Å². The van der Waals surface area contributed by atoms with Gasteiger partial charge in [0.15, 0.2) is 0 Å². The van der Waals surface area contributed by atoms with Gasteiger partial charge in [-0.3, -0.25) is 0 Å². The monoisotopic (exact) mass is 281 g/mol. The van der Waals surface area contributed by atoms with E-state index in [1.165, 1.54) is 12.3 Å². The zero-order valence-electron chi connectivity index (χ0n) is 12.5. The van der Waals surface area contributed by atoms with Crippen LogP contribution < -0.4 is 10.5 Å². The number of aromatic nitrogens is 1. The molecule has 0 aliphatic carbocycles. The summed E-state index contributed by atoms with van der Waals surface area (Å²) < 4.78 is 10.6. The summed E-state index contributed by atoms with van der Waals surface area (Å²) in [5.41, 5.74) is 6.50. The highest BCUT2D eigenvalue weighted by Gasteiger charge is 2.12. The second-order valence-corrected chi connectivity index (χ2v) is 5.26. The molecule has 6 nitrogen and oxygen atoms in total. The maximum Gasteiger partial charge on any atom is 0.339 e. The first kappa shape index (κ1) is 16.2. The first-order valence-corrected chi connectivity index (χ1v) is 6.60. The van der Waals surface area contributed by atoms with Crippen LogP contribution in [0.2, 0.25) is 0 Å². The van der Waals surface area contributed by atoms with Gasteiger partial charge in [0.05, 0.1) is 17.9 Å². The van der Waals surface area contributed by atoms with Gasteiger partial charge >= 0.3 is 5.97 Å². The van der Waals surface area contributed by atoms with E-state index in [0.29, 0.717) is 30.3 Å². The van der Waals surface area contributed by atoms with E-state index < -0.39 is 5.97 Å². The fraction of sp³-hybridized carbons (Fsp3) is 0.571. The highest BCUT2D eigenvalue weighted by atomic mass is 16.5. The van der Waals surface area contributed by atoms with Gasteiger partial charge in [-0.25, -0.2) is 9.78 Å². The van der Waals surface area contributed by atoms with Crippen molar-refractivity contribution in [2.24, 2.45) is 5.92 Å². The Hall–Kier alpha value is -1.82. The Morgan fingerprint density at radius 1 is 1.45 bits per heavy atom. The SMILES string of the molecule is CC(C)COC(=O)c1cnc(OCCN(C)C)c(N)c1. The van der Waals surface area contributed by atoms with E-state index >= 15 is 0 Å². The van der Waals surface area contributed by atoms with Crippen LogP contribution >= 0.6 is 0 Å². The minimum absolute atomic E-state index is 0.290. The number of anilines is 1. The third-order valence-electron chi connectivity index (χ3n) is 2.44. The normalized spacial score (nSPS) is 10.9. The second-order valence-electron chi connectivity index (χ2n) is 5.26. The van der Waals surface area contributed by atoms with Gasteiger partial charge in [-0.05, 0) is 26.1 Å². The molecule has 0 saturated heterocycles. The summed E-state index contributed by atoms with van der Waals surface area (Å²) in [7, 11) is 3.90. The van der Waals surface area contributed by atoms with Gasteiger partial charge in [0, 0.05) is 12.7 Å². The summed E-state index contributed by atoms with van der Waals surface area (Å²) in [6, 6.07) is 1.53. The van der Waals surface area contributed by atoms with Gasteiger partial charge < -0.3 is 20.1 Å². The molecule has 20 heavy (non-hydrogen) atoms. The molecule has 0 aromatic carbocycles. The minimum Gasteiger partial charge on any atom is -0.475 e. The minimum atomic E-state index is -0.419. The molecule has 1 aromatic heterocycles. The Bertz CT molecular complexity index is 447. The van der Waals surface area contributed by atoms with Crippen molar-refractivity contribution < 1.29 is 14.3 Å². The number of carbonyl (C=O) groups is 1. The summed E-state index contributed by atoms with van der Waals surface area (Å²) >= 11 is 0. The third-order valence-corrected chi connectivity index (χ3v) is 2.44. The molecule has 0 unspecified atom stereocenters. The van der Waals surface area contributed by atoms with Gasteiger partial charge in [0.2, 0.25) is 5.88 Å². The molecule has 0 bridgehead atoms. The van der Waals surface area contributed by atoms with Gasteiger partial charge in [0.1, 0.15) is 6.61 Å². The second kappa shape index (κ2) is 7.69. The Labute approximate surface area is 119 Å². The van der Waals surface area contributed by atoms with Gasteiger partial charge in [-0.15, -0.1) is 0 Å². The number of ether oxygens (including phenoxy) is 2. The molecule has 6 heteroatoms. The molecule has 0 radical (unpaired) electrons. The number of hydrogen-bond donors (Lipinski definition) is 1. The lowest BCUT2D eigenvalue weighted by Crippen LogP contribution is -2.20. The van der Waals surface area contributed by atoms with E-state index in [1.54, 1.807) is 0 Å². The largest absolute Gasteiger partial charge is 0.475 e. The molecule has 0 atom stereocenters. The summed E-state index contributed by atoms with van der Waals surface area (Å²) in [5, 5.41) is 0. The molecule has 1 rings (SSSR count). The van der Waals surface area contributed by atoms with E-state index in [0.717, 1.165) is 6.54 Å². The van der Waals surface area contributed by atoms with Crippen LogP contribution in [0.3, 0.4) is 0 Å². The molecule has 1 aromatic rings. The Morgan fingerprint density at radius 3 is 2.70 bits per heavy atom. The van der Waals surface area contributed by atoms with E-state index in [4.69, 9.17) is 15.2 Å². The average molecular weight is 281 g/mol. The number of pyridine rings is 1. The molecule has 1 heterocycles. The Kier molecular flexibility index (Phi) is 6.24. The number of nitrogens with zero attached hydrogens (tertiary/aromatic N) is 2. The van der Waals surface area contributed by atoms with Crippen molar-refractivity contribution in [2.45, 2.75) is 13.8 Å². The summed E-state index contributed by atoms with van der Waals surface area (Å²) in [6.45, 7) is 5.57. The molecular weight excluding hydrogens is 258 g/mol. The maximum absolute atomic E-state index is 11.8. The number of hydrogen-bond acceptors (Lipinski definition) is 6. The van der Waals surface area contributed by atoms with Crippen LogP contribution in [0, 0.1) is 5.92 Å². The fourth-order valence-electron chi connectivity index (χ4n) is 1.35. The molecule has 0 fully saturated rings. The van der Waals surface area contributed by atoms with Crippen molar-refractivity contribution in [3.63, 3.8) is 0 Å². The maximum atomic E-state index is 11.8. The highest BCUT2D eigenvalue weighted by Crippen LogP contribution is 2.19. The standard InChI is InChI=1S/C14H23N3O3/c1-10(2)9-20-14(18)11-7-12(15)13(16-8-11)19-6-5-17(3)4/h7-8,10H,5-6,9,15H2,1-4H3. The molecule has 0 amide bonds. The summed E-state index contributed by atoms with van der Waals surface area (Å²) in [4.78, 5) is 17.8. The van der Waals surface area contributed by atoms with Crippen LogP contribution in [-0.2, 0) is 4.74 Å². The van der Waals surface area contributed by atoms with E-state index in [1.807, 2.05) is 32.8 Å². The summed E-state index contributed by atoms with van der Waals surface area (Å²) in [5.74, 6) is 0.211. The molecule has 0 saturated carbocycles. The van der Waals surface area contributed by atoms with Gasteiger partial charge in [-0.1, -0.05) is 13.8 Å². The van der Waals surface area contributed by atoms with Crippen molar-refractivity contribution >= 4 is 11.7 Å². The molecule has 0 aliphatic heterocycles. The fourth-order valence-corrected chi connectivity index (χ4v) is 1.35. The van der Waals surface area contributed by atoms with Crippen LogP contribution in [0.25, 0.3) is 0 Å². The number of rotatable bonds is 7. The van der Waals surface area contributed by atoms with Crippen molar-refractivity contribution in [3.05, 3.63) is 17.8 Å². The lowest BCUT2D eigenvalue weighted by atomic mass is 10.2. The third kappa shape index (κ3) is 5.44. The molecular formula is C14H23N3O3. The van der Waals surface area contributed by atoms with Crippen molar-refractivity contribution in [1.82, 2.24) is 9.88 Å². The Morgan fingerprint density at radius 2 is 2.15 bits per heavy atom. The van der Waals surface area contributed by atoms with Crippen molar-refractivity contribution in [3.8, 4) is 5.88 Å². The quantitative estimate of drug-likeness (QED) is 0.762. The van der Waals surface area contributed by atoms with Crippen LogP contribution in [0.15, 0.2) is 12.3 Å². The molecule has 112 valence electrons. The highest BCUT2D eigenvalue weighted by molar-refractivity contribution is 5.90. The smallest absolute Gasteiger partial charge is 0.339 e. The van der Waals surface area contributed by atoms with Gasteiger partial charge in [-0.2, -0.15) is 0 Å². The number of likely N-dealkylation sites (N-methyl/N-ethyl adjacent to an activating group) is 1. The van der Waals surface area contributed by atoms with Crippen LogP contribution in [0.1, 0.15) is 24.2 Å². The summed E-state index contributed by atoms with van der Waals surface area (Å²) in [6.07, 6.45) is 1.42. The molecule has 2 N–H and O–H groups in total. The van der Waals surface area contributed by atoms with Gasteiger partial charge in [0.25, 0.3) is 0 Å². The number of esters is 1. The lowest BCUT2D eigenvalue weighted by molar-refractivity contribution is 0.0458. The number of nitrogens with two attached hydrogens (primary N) is 1. The zero-order valence-corrected chi connectivity index (χ0v) is 12.5. The molecule has 0 spiro atoms. The number of nitrogen functional groups attached to an aromatic ring is 1. The van der Waals surface area contributed by atoms with E-state index in [-0.39, 0.29) is 5.92 Å². The average Bonchev–Trinajstić information content (AvgIpc) is 2.37.